The molecule has 0 unspecified atom stereocenters. The lowest BCUT2D eigenvalue weighted by Gasteiger charge is -2.00. The maximum atomic E-state index is 13.7. The van der Waals surface area contributed by atoms with Gasteiger partial charge in [-0.3, -0.25) is 0 Å². The van der Waals surface area contributed by atoms with E-state index in [4.69, 9.17) is 0 Å². The lowest BCUT2D eigenvalue weighted by atomic mass is 10.1. The number of nitrogens with one attached hydrogen (secondary N) is 1. The normalized spacial score (nSPS) is 11.2. The Hall–Kier alpha value is -2.68. The molecule has 1 N–H and O–H groups in total. The van der Waals surface area contributed by atoms with Crippen LogP contribution in [0.4, 0.5) is 4.39 Å². The Morgan fingerprint density at radius 2 is 1.70 bits per heavy atom. The van der Waals surface area contributed by atoms with Gasteiger partial charge in [0.15, 0.2) is 5.82 Å². The fourth-order valence-corrected chi connectivity index (χ4v) is 2.47. The maximum Gasteiger partial charge on any atom is 0.151 e. The van der Waals surface area contributed by atoms with E-state index in [1.54, 1.807) is 6.07 Å². The van der Waals surface area contributed by atoms with Gasteiger partial charge >= 0.3 is 0 Å². The minimum atomic E-state index is -0.300. The van der Waals surface area contributed by atoms with Crippen molar-refractivity contribution < 1.29 is 4.39 Å². The quantitative estimate of drug-likeness (QED) is 0.536. The first-order chi connectivity index (χ1) is 9.81. The van der Waals surface area contributed by atoms with E-state index in [-0.39, 0.29) is 5.82 Å². The SMILES string of the molecule is Fc1cccc2[nH]c(-c3ccc4ccccc4c3)nc12. The molecule has 1 aromatic heterocycles. The molecule has 0 spiro atoms. The zero-order valence-corrected chi connectivity index (χ0v) is 10.6. The molecule has 4 rings (SSSR count). The van der Waals surface area contributed by atoms with Gasteiger partial charge in [0.05, 0.1) is 5.52 Å². The Morgan fingerprint density at radius 1 is 0.850 bits per heavy atom. The molecule has 20 heavy (non-hydrogen) atoms. The third kappa shape index (κ3) is 1.67. The number of nitrogens with zero attached hydrogens (tertiary/aromatic N) is 1. The monoisotopic (exact) mass is 262 g/mol. The van der Waals surface area contributed by atoms with Gasteiger partial charge in [-0.15, -0.1) is 0 Å². The molecule has 96 valence electrons. The molecule has 1 heterocycles. The second-order valence-electron chi connectivity index (χ2n) is 4.78. The van der Waals surface area contributed by atoms with Crippen LogP contribution in [-0.4, -0.2) is 9.97 Å². The topological polar surface area (TPSA) is 28.7 Å². The van der Waals surface area contributed by atoms with E-state index in [0.29, 0.717) is 16.9 Å². The highest BCUT2D eigenvalue weighted by Crippen LogP contribution is 2.25. The van der Waals surface area contributed by atoms with Gasteiger partial charge in [0.1, 0.15) is 11.3 Å². The summed E-state index contributed by atoms with van der Waals surface area (Å²) in [5.41, 5.74) is 2.06. The van der Waals surface area contributed by atoms with E-state index in [1.807, 2.05) is 30.3 Å². The number of para-hydroxylation sites is 1. The molecule has 0 bridgehead atoms. The van der Waals surface area contributed by atoms with E-state index in [9.17, 15) is 4.39 Å². The Bertz CT molecular complexity index is 924. The van der Waals surface area contributed by atoms with E-state index < -0.39 is 0 Å². The summed E-state index contributed by atoms with van der Waals surface area (Å²) < 4.78 is 13.7. The van der Waals surface area contributed by atoms with Crippen LogP contribution in [0.2, 0.25) is 0 Å². The Labute approximate surface area is 114 Å². The van der Waals surface area contributed by atoms with Gasteiger partial charge in [0.2, 0.25) is 0 Å². The molecule has 3 aromatic carbocycles. The van der Waals surface area contributed by atoms with Gasteiger partial charge in [-0.1, -0.05) is 42.5 Å². The van der Waals surface area contributed by atoms with Crippen LogP contribution >= 0.6 is 0 Å². The van der Waals surface area contributed by atoms with Crippen LogP contribution in [0, 0.1) is 5.82 Å². The van der Waals surface area contributed by atoms with E-state index in [1.165, 1.54) is 11.5 Å². The summed E-state index contributed by atoms with van der Waals surface area (Å²) in [6, 6.07) is 19.2. The number of imidazole rings is 1. The summed E-state index contributed by atoms with van der Waals surface area (Å²) in [7, 11) is 0. The third-order valence-electron chi connectivity index (χ3n) is 3.49. The maximum absolute atomic E-state index is 13.7. The van der Waals surface area contributed by atoms with Crippen LogP contribution in [-0.2, 0) is 0 Å². The average Bonchev–Trinajstić information content (AvgIpc) is 2.92. The van der Waals surface area contributed by atoms with Gasteiger partial charge in [-0.05, 0) is 29.0 Å². The number of benzene rings is 3. The minimum absolute atomic E-state index is 0.300. The summed E-state index contributed by atoms with van der Waals surface area (Å²) in [4.78, 5) is 7.53. The molecule has 0 amide bonds. The number of hydrogen-bond acceptors (Lipinski definition) is 1. The summed E-state index contributed by atoms with van der Waals surface area (Å²) in [5, 5.41) is 2.32. The van der Waals surface area contributed by atoms with Crippen molar-refractivity contribution in [2.45, 2.75) is 0 Å². The molecule has 4 aromatic rings. The lowest BCUT2D eigenvalue weighted by Crippen LogP contribution is -1.81. The van der Waals surface area contributed by atoms with Crippen molar-refractivity contribution in [2.75, 3.05) is 0 Å². The highest BCUT2D eigenvalue weighted by molar-refractivity contribution is 5.88. The zero-order valence-electron chi connectivity index (χ0n) is 10.6. The van der Waals surface area contributed by atoms with Crippen LogP contribution in [0.5, 0.6) is 0 Å². The highest BCUT2D eigenvalue weighted by Gasteiger charge is 2.08. The molecule has 0 saturated heterocycles. The smallest absolute Gasteiger partial charge is 0.151 e. The van der Waals surface area contributed by atoms with Crippen molar-refractivity contribution >= 4 is 21.8 Å². The number of aromatic amines is 1. The largest absolute Gasteiger partial charge is 0.338 e. The molecule has 3 heteroatoms. The number of aromatic nitrogens is 2. The van der Waals surface area contributed by atoms with Crippen LogP contribution < -0.4 is 0 Å². The number of hydrogen-bond donors (Lipinski definition) is 1. The zero-order chi connectivity index (χ0) is 13.5. The van der Waals surface area contributed by atoms with Crippen molar-refractivity contribution in [3.63, 3.8) is 0 Å². The van der Waals surface area contributed by atoms with E-state index in [0.717, 1.165) is 10.9 Å². The molecule has 0 radical (unpaired) electrons. The van der Waals surface area contributed by atoms with E-state index in [2.05, 4.69) is 28.2 Å². The van der Waals surface area contributed by atoms with Gasteiger partial charge in [-0.2, -0.15) is 0 Å². The van der Waals surface area contributed by atoms with E-state index >= 15 is 0 Å². The Balaban J connectivity index is 1.94. The van der Waals surface area contributed by atoms with Crippen molar-refractivity contribution in [3.05, 3.63) is 66.5 Å². The second-order valence-corrected chi connectivity index (χ2v) is 4.78. The second kappa shape index (κ2) is 4.17. The summed E-state index contributed by atoms with van der Waals surface area (Å²) in [5.74, 6) is 0.390. The molecule has 0 aliphatic heterocycles. The highest BCUT2D eigenvalue weighted by atomic mass is 19.1. The van der Waals surface area contributed by atoms with Crippen LogP contribution in [0.1, 0.15) is 0 Å². The van der Waals surface area contributed by atoms with Crippen molar-refractivity contribution in [1.29, 1.82) is 0 Å². The number of halogens is 1. The predicted molar refractivity (Wildman–Crippen MR) is 79.0 cm³/mol. The van der Waals surface area contributed by atoms with Crippen molar-refractivity contribution in [1.82, 2.24) is 9.97 Å². The summed E-state index contributed by atoms with van der Waals surface area (Å²) >= 11 is 0. The Morgan fingerprint density at radius 3 is 2.55 bits per heavy atom. The molecule has 0 fully saturated rings. The lowest BCUT2D eigenvalue weighted by molar-refractivity contribution is 0.637. The summed E-state index contributed by atoms with van der Waals surface area (Å²) in [6.45, 7) is 0. The number of H-pyrrole nitrogens is 1. The standard InChI is InChI=1S/C17H11FN2/c18-14-6-3-7-15-16(14)20-17(19-15)13-9-8-11-4-1-2-5-12(11)10-13/h1-10H,(H,19,20). The van der Waals surface area contributed by atoms with Crippen LogP contribution in [0.25, 0.3) is 33.2 Å². The first-order valence-corrected chi connectivity index (χ1v) is 6.45. The molecule has 2 nitrogen and oxygen atoms in total. The van der Waals surface area contributed by atoms with Crippen molar-refractivity contribution in [2.24, 2.45) is 0 Å². The van der Waals surface area contributed by atoms with Crippen molar-refractivity contribution in [3.8, 4) is 11.4 Å². The first-order valence-electron chi connectivity index (χ1n) is 6.45. The van der Waals surface area contributed by atoms with Crippen LogP contribution in [0.15, 0.2) is 60.7 Å². The van der Waals surface area contributed by atoms with Gasteiger partial charge in [0.25, 0.3) is 0 Å². The molecule has 0 aliphatic carbocycles. The van der Waals surface area contributed by atoms with Gasteiger partial charge in [0, 0.05) is 5.56 Å². The molecule has 0 saturated carbocycles. The first kappa shape index (κ1) is 11.2. The number of fused-ring (bicyclic) bond motifs is 2. The van der Waals surface area contributed by atoms with Crippen LogP contribution in [0.3, 0.4) is 0 Å². The summed E-state index contributed by atoms with van der Waals surface area (Å²) in [6.07, 6.45) is 0. The number of rotatable bonds is 1. The Kier molecular flexibility index (Phi) is 2.33. The fraction of sp³-hybridized carbons (Fsp3) is 0. The predicted octanol–water partition coefficient (Wildman–Crippen LogP) is 4.52. The fourth-order valence-electron chi connectivity index (χ4n) is 2.47. The third-order valence-corrected chi connectivity index (χ3v) is 3.49. The molecule has 0 aliphatic rings. The molecular weight excluding hydrogens is 251 g/mol. The van der Waals surface area contributed by atoms with Gasteiger partial charge in [-0.25, -0.2) is 9.37 Å². The molecule has 0 atom stereocenters. The van der Waals surface area contributed by atoms with Gasteiger partial charge < -0.3 is 4.98 Å². The average molecular weight is 262 g/mol. The minimum Gasteiger partial charge on any atom is -0.338 e. The molecular formula is C17H11FN2.